The van der Waals surface area contributed by atoms with Gasteiger partial charge in [-0.05, 0) is 39.0 Å². The molecule has 5 heteroatoms. The van der Waals surface area contributed by atoms with E-state index in [9.17, 15) is 9.18 Å². The summed E-state index contributed by atoms with van der Waals surface area (Å²) in [7, 11) is 0. The van der Waals surface area contributed by atoms with Gasteiger partial charge in [0.15, 0.2) is 0 Å². The molecule has 0 bridgehead atoms. The van der Waals surface area contributed by atoms with Crippen molar-refractivity contribution in [3.63, 3.8) is 0 Å². The molecule has 2 rings (SSSR count). The normalized spacial score (nSPS) is 12.2. The maximum atomic E-state index is 13.8. The topological polar surface area (TPSA) is 62.5 Å². The van der Waals surface area contributed by atoms with Crippen LogP contribution in [0.15, 0.2) is 28.7 Å². The molecule has 1 unspecified atom stereocenters. The number of carbonyl (C=O) groups is 1. The number of hydrogen-bond acceptors (Lipinski definition) is 3. The first kappa shape index (κ1) is 14.1. The van der Waals surface area contributed by atoms with Gasteiger partial charge in [0.25, 0.3) is 0 Å². The molecule has 2 N–H and O–H groups in total. The number of anilines is 1. The van der Waals surface area contributed by atoms with Crippen LogP contribution >= 0.6 is 0 Å². The monoisotopic (exact) mass is 277 g/mol. The predicted octanol–water partition coefficient (Wildman–Crippen LogP) is 3.91. The van der Waals surface area contributed by atoms with Gasteiger partial charge < -0.3 is 14.8 Å². The molecule has 0 aliphatic carbocycles. The second kappa shape index (κ2) is 5.36. The second-order valence-electron chi connectivity index (χ2n) is 4.70. The molecule has 1 heterocycles. The summed E-state index contributed by atoms with van der Waals surface area (Å²) in [4.78, 5) is 11.1. The number of para-hydroxylation sites is 1. The third kappa shape index (κ3) is 2.66. The highest BCUT2D eigenvalue weighted by Gasteiger charge is 2.19. The molecule has 1 atom stereocenters. The third-order valence-corrected chi connectivity index (χ3v) is 3.15. The molecule has 0 saturated carbocycles. The second-order valence-corrected chi connectivity index (χ2v) is 4.70. The van der Waals surface area contributed by atoms with Crippen LogP contribution in [0.4, 0.5) is 10.1 Å². The summed E-state index contributed by atoms with van der Waals surface area (Å²) < 4.78 is 19.3. The average molecular weight is 277 g/mol. The van der Waals surface area contributed by atoms with Crippen LogP contribution in [0.3, 0.4) is 0 Å². The molecule has 1 aromatic heterocycles. The van der Waals surface area contributed by atoms with Crippen molar-refractivity contribution in [2.75, 3.05) is 5.32 Å². The fraction of sp³-hybridized carbons (Fsp3) is 0.267. The summed E-state index contributed by atoms with van der Waals surface area (Å²) >= 11 is 0. The Balaban J connectivity index is 2.35. The van der Waals surface area contributed by atoms with Gasteiger partial charge in [-0.1, -0.05) is 6.07 Å². The number of nitrogens with one attached hydrogen (secondary N) is 1. The number of halogens is 1. The summed E-state index contributed by atoms with van der Waals surface area (Å²) in [5.74, 6) is -0.261. The lowest BCUT2D eigenvalue weighted by atomic mass is 10.1. The molecule has 0 saturated heterocycles. The Bertz CT molecular complexity index is 649. The molecular weight excluding hydrogens is 261 g/mol. The first-order chi connectivity index (χ1) is 9.40. The van der Waals surface area contributed by atoms with Crippen LogP contribution in [-0.4, -0.2) is 11.1 Å². The summed E-state index contributed by atoms with van der Waals surface area (Å²) in [6.45, 7) is 5.48. The predicted molar refractivity (Wildman–Crippen MR) is 73.6 cm³/mol. The van der Waals surface area contributed by atoms with E-state index in [2.05, 4.69) is 5.32 Å². The lowest BCUT2D eigenvalue weighted by Crippen LogP contribution is -2.12. The zero-order chi connectivity index (χ0) is 14.9. The highest BCUT2D eigenvalue weighted by molar-refractivity contribution is 5.94. The minimum atomic E-state index is -1.17. The molecule has 0 amide bonds. The molecule has 20 heavy (non-hydrogen) atoms. The number of aryl methyl sites for hydroxylation is 2. The van der Waals surface area contributed by atoms with Gasteiger partial charge in [-0.2, -0.15) is 0 Å². The molecule has 0 spiro atoms. The van der Waals surface area contributed by atoms with Crippen molar-refractivity contribution in [1.82, 2.24) is 0 Å². The first-order valence-electron chi connectivity index (χ1n) is 6.25. The van der Waals surface area contributed by atoms with E-state index in [-0.39, 0.29) is 17.3 Å². The van der Waals surface area contributed by atoms with Crippen molar-refractivity contribution < 1.29 is 18.7 Å². The van der Waals surface area contributed by atoms with E-state index in [1.54, 1.807) is 0 Å². The molecule has 0 aliphatic rings. The number of hydrogen-bond donors (Lipinski definition) is 2. The smallest absolute Gasteiger partial charge is 0.337 e. The maximum absolute atomic E-state index is 13.8. The largest absolute Gasteiger partial charge is 0.478 e. The molecular formula is C15H16FNO3. The fourth-order valence-electron chi connectivity index (χ4n) is 2.22. The number of carboxylic acids is 1. The molecule has 0 aliphatic heterocycles. The lowest BCUT2D eigenvalue weighted by molar-refractivity contribution is 0.0697. The van der Waals surface area contributed by atoms with E-state index in [4.69, 9.17) is 9.52 Å². The van der Waals surface area contributed by atoms with Gasteiger partial charge in [0.05, 0.1) is 17.3 Å². The Morgan fingerprint density at radius 1 is 1.40 bits per heavy atom. The van der Waals surface area contributed by atoms with Crippen molar-refractivity contribution in [2.24, 2.45) is 0 Å². The highest BCUT2D eigenvalue weighted by Crippen LogP contribution is 2.28. The summed E-state index contributed by atoms with van der Waals surface area (Å²) in [6.07, 6.45) is 0. The van der Waals surface area contributed by atoms with Crippen LogP contribution in [0.2, 0.25) is 0 Å². The lowest BCUT2D eigenvalue weighted by Gasteiger charge is -2.17. The number of carboxylic acid groups (broad SMARTS) is 1. The van der Waals surface area contributed by atoms with Crippen LogP contribution < -0.4 is 5.32 Å². The average Bonchev–Trinajstić information content (AvgIpc) is 2.70. The van der Waals surface area contributed by atoms with E-state index in [1.165, 1.54) is 18.2 Å². The van der Waals surface area contributed by atoms with Gasteiger partial charge in [0.2, 0.25) is 0 Å². The van der Waals surface area contributed by atoms with Gasteiger partial charge in [-0.3, -0.25) is 0 Å². The van der Waals surface area contributed by atoms with Gasteiger partial charge in [0, 0.05) is 5.56 Å². The molecule has 2 aromatic rings. The SMILES string of the molecule is Cc1cc(C(C)Nc2c(F)cccc2C(=O)O)c(C)o1. The van der Waals surface area contributed by atoms with Crippen molar-refractivity contribution in [3.05, 3.63) is 52.7 Å². The zero-order valence-electron chi connectivity index (χ0n) is 11.5. The Hall–Kier alpha value is -2.30. The van der Waals surface area contributed by atoms with Crippen LogP contribution in [0.1, 0.15) is 40.4 Å². The summed E-state index contributed by atoms with van der Waals surface area (Å²) in [5, 5.41) is 12.0. The molecule has 1 aromatic carbocycles. The van der Waals surface area contributed by atoms with Crippen molar-refractivity contribution in [1.29, 1.82) is 0 Å². The number of benzene rings is 1. The zero-order valence-corrected chi connectivity index (χ0v) is 11.5. The number of furan rings is 1. The van der Waals surface area contributed by atoms with E-state index in [0.29, 0.717) is 0 Å². The van der Waals surface area contributed by atoms with Crippen molar-refractivity contribution in [2.45, 2.75) is 26.8 Å². The quantitative estimate of drug-likeness (QED) is 0.889. The molecule has 0 fully saturated rings. The van der Waals surface area contributed by atoms with Crippen molar-refractivity contribution >= 4 is 11.7 Å². The highest BCUT2D eigenvalue weighted by atomic mass is 19.1. The van der Waals surface area contributed by atoms with Crippen molar-refractivity contribution in [3.8, 4) is 0 Å². The Morgan fingerprint density at radius 2 is 2.10 bits per heavy atom. The van der Waals surface area contributed by atoms with E-state index in [1.807, 2.05) is 26.8 Å². The van der Waals surface area contributed by atoms with Gasteiger partial charge in [-0.15, -0.1) is 0 Å². The van der Waals surface area contributed by atoms with E-state index < -0.39 is 11.8 Å². The minimum Gasteiger partial charge on any atom is -0.478 e. The molecule has 4 nitrogen and oxygen atoms in total. The number of rotatable bonds is 4. The van der Waals surface area contributed by atoms with Crippen LogP contribution in [0, 0.1) is 19.7 Å². The maximum Gasteiger partial charge on any atom is 0.337 e. The molecule has 0 radical (unpaired) electrons. The molecule has 106 valence electrons. The standard InChI is InChI=1S/C15H16FNO3/c1-8-7-12(10(3)20-8)9(2)17-14-11(15(18)19)5-4-6-13(14)16/h4-7,9,17H,1-3H3,(H,18,19). The number of aromatic carboxylic acids is 1. The van der Waals surface area contributed by atoms with Gasteiger partial charge in [-0.25, -0.2) is 9.18 Å². The Kier molecular flexibility index (Phi) is 3.79. The van der Waals surface area contributed by atoms with Crippen LogP contribution in [0.5, 0.6) is 0 Å². The third-order valence-electron chi connectivity index (χ3n) is 3.15. The van der Waals surface area contributed by atoms with E-state index >= 15 is 0 Å². The van der Waals surface area contributed by atoms with E-state index in [0.717, 1.165) is 17.1 Å². The summed E-state index contributed by atoms with van der Waals surface area (Å²) in [6, 6.07) is 5.57. The summed E-state index contributed by atoms with van der Waals surface area (Å²) in [5.41, 5.74) is 0.780. The Labute approximate surface area is 116 Å². The van der Waals surface area contributed by atoms with Crippen LogP contribution in [-0.2, 0) is 0 Å². The van der Waals surface area contributed by atoms with Crippen LogP contribution in [0.25, 0.3) is 0 Å². The first-order valence-corrected chi connectivity index (χ1v) is 6.25. The van der Waals surface area contributed by atoms with Gasteiger partial charge >= 0.3 is 5.97 Å². The minimum absolute atomic E-state index is 0.00856. The fourth-order valence-corrected chi connectivity index (χ4v) is 2.22. The van der Waals surface area contributed by atoms with Gasteiger partial charge in [0.1, 0.15) is 17.3 Å². The Morgan fingerprint density at radius 3 is 2.65 bits per heavy atom.